The van der Waals surface area contributed by atoms with E-state index < -0.39 is 6.09 Å². The maximum atomic E-state index is 12.1. The summed E-state index contributed by atoms with van der Waals surface area (Å²) < 4.78 is 4.79. The van der Waals surface area contributed by atoms with E-state index in [-0.39, 0.29) is 16.6 Å². The van der Waals surface area contributed by atoms with Gasteiger partial charge in [0, 0.05) is 16.6 Å². The van der Waals surface area contributed by atoms with Crippen LogP contribution < -0.4 is 0 Å². The summed E-state index contributed by atoms with van der Waals surface area (Å²) in [5.41, 5.74) is 1.43. The molecule has 4 nitrogen and oxygen atoms in total. The third kappa shape index (κ3) is 4.26. The SMILES string of the molecule is C[C@@H](CC(=O)N1CCOC1=O)Sc1ccc(C(C)(C)C)cc1. The van der Waals surface area contributed by atoms with Crippen LogP contribution >= 0.6 is 11.8 Å². The van der Waals surface area contributed by atoms with Crippen molar-refractivity contribution in [3.63, 3.8) is 0 Å². The summed E-state index contributed by atoms with van der Waals surface area (Å²) >= 11 is 1.65. The molecule has 2 rings (SSSR count). The molecule has 1 heterocycles. The maximum absolute atomic E-state index is 12.1. The van der Waals surface area contributed by atoms with Crippen molar-refractivity contribution in [3.8, 4) is 0 Å². The molecular formula is C17H23NO3S. The van der Waals surface area contributed by atoms with E-state index >= 15 is 0 Å². The van der Waals surface area contributed by atoms with Crippen molar-refractivity contribution in [1.29, 1.82) is 0 Å². The molecule has 120 valence electrons. The van der Waals surface area contributed by atoms with Gasteiger partial charge in [-0.15, -0.1) is 11.8 Å². The molecule has 0 saturated carbocycles. The van der Waals surface area contributed by atoms with Gasteiger partial charge in [0.25, 0.3) is 0 Å². The van der Waals surface area contributed by atoms with Gasteiger partial charge in [-0.25, -0.2) is 9.69 Å². The topological polar surface area (TPSA) is 46.6 Å². The Morgan fingerprint density at radius 3 is 2.45 bits per heavy atom. The van der Waals surface area contributed by atoms with Crippen LogP contribution in [0.15, 0.2) is 29.2 Å². The molecule has 2 amide bonds. The second-order valence-corrected chi connectivity index (χ2v) is 8.08. The Balaban J connectivity index is 1.90. The molecule has 0 bridgehead atoms. The van der Waals surface area contributed by atoms with Crippen LogP contribution in [0, 0.1) is 0 Å². The van der Waals surface area contributed by atoms with Crippen molar-refractivity contribution in [1.82, 2.24) is 4.90 Å². The van der Waals surface area contributed by atoms with Gasteiger partial charge < -0.3 is 4.74 Å². The minimum Gasteiger partial charge on any atom is -0.447 e. The molecule has 0 aliphatic carbocycles. The van der Waals surface area contributed by atoms with E-state index in [9.17, 15) is 9.59 Å². The van der Waals surface area contributed by atoms with Gasteiger partial charge in [-0.2, -0.15) is 0 Å². The molecule has 1 aromatic carbocycles. The van der Waals surface area contributed by atoms with E-state index in [4.69, 9.17) is 4.74 Å². The lowest BCUT2D eigenvalue weighted by molar-refractivity contribution is -0.127. The average Bonchev–Trinajstić information content (AvgIpc) is 2.84. The van der Waals surface area contributed by atoms with E-state index in [1.807, 2.05) is 6.92 Å². The molecule has 0 N–H and O–H groups in total. The second kappa shape index (κ2) is 6.73. The number of carbonyl (C=O) groups is 2. The molecule has 1 fully saturated rings. The zero-order valence-electron chi connectivity index (χ0n) is 13.6. The van der Waals surface area contributed by atoms with Crippen LogP contribution in [0.25, 0.3) is 0 Å². The Labute approximate surface area is 136 Å². The predicted octanol–water partition coefficient (Wildman–Crippen LogP) is 3.83. The largest absolute Gasteiger partial charge is 0.447 e. The third-order valence-corrected chi connectivity index (χ3v) is 4.69. The zero-order chi connectivity index (χ0) is 16.3. The number of ether oxygens (including phenoxy) is 1. The number of benzene rings is 1. The van der Waals surface area contributed by atoms with Crippen molar-refractivity contribution in [2.45, 2.75) is 49.7 Å². The van der Waals surface area contributed by atoms with Gasteiger partial charge in [-0.05, 0) is 23.1 Å². The highest BCUT2D eigenvalue weighted by Crippen LogP contribution is 2.29. The third-order valence-electron chi connectivity index (χ3n) is 3.58. The molecule has 0 unspecified atom stereocenters. The Kier molecular flexibility index (Phi) is 5.16. The van der Waals surface area contributed by atoms with Crippen LogP contribution in [-0.4, -0.2) is 35.3 Å². The lowest BCUT2D eigenvalue weighted by atomic mass is 9.87. The molecule has 1 aromatic rings. The summed E-state index contributed by atoms with van der Waals surface area (Å²) in [5.74, 6) is -0.159. The lowest BCUT2D eigenvalue weighted by Crippen LogP contribution is -2.33. The van der Waals surface area contributed by atoms with Gasteiger partial charge >= 0.3 is 6.09 Å². The highest BCUT2D eigenvalue weighted by molar-refractivity contribution is 8.00. The number of imide groups is 1. The Bertz CT molecular complexity index is 548. The van der Waals surface area contributed by atoms with E-state index in [1.54, 1.807) is 11.8 Å². The lowest BCUT2D eigenvalue weighted by Gasteiger charge is -2.19. The second-order valence-electron chi connectivity index (χ2n) is 6.57. The fraction of sp³-hybridized carbons (Fsp3) is 0.529. The van der Waals surface area contributed by atoms with E-state index in [2.05, 4.69) is 45.0 Å². The number of cyclic esters (lactones) is 1. The number of rotatable bonds is 4. The fourth-order valence-corrected chi connectivity index (χ4v) is 3.27. The van der Waals surface area contributed by atoms with Crippen LogP contribution in [0.2, 0.25) is 0 Å². The van der Waals surface area contributed by atoms with Crippen molar-refractivity contribution < 1.29 is 14.3 Å². The number of thioether (sulfide) groups is 1. The Hall–Kier alpha value is -1.49. The van der Waals surface area contributed by atoms with Gasteiger partial charge in [-0.3, -0.25) is 4.79 Å². The average molecular weight is 321 g/mol. The number of amides is 2. The van der Waals surface area contributed by atoms with Crippen LogP contribution in [0.1, 0.15) is 39.7 Å². The van der Waals surface area contributed by atoms with Gasteiger partial charge in [0.1, 0.15) is 6.61 Å². The number of hydrogen-bond donors (Lipinski definition) is 0. The summed E-state index contributed by atoms with van der Waals surface area (Å²) in [6.07, 6.45) is -0.183. The molecule has 1 aliphatic heterocycles. The number of hydrogen-bond acceptors (Lipinski definition) is 4. The van der Waals surface area contributed by atoms with Crippen molar-refractivity contribution >= 4 is 23.8 Å². The summed E-state index contributed by atoms with van der Waals surface area (Å²) in [4.78, 5) is 25.7. The number of nitrogens with zero attached hydrogens (tertiary/aromatic N) is 1. The molecule has 1 aliphatic rings. The molecule has 1 saturated heterocycles. The molecular weight excluding hydrogens is 298 g/mol. The Morgan fingerprint density at radius 2 is 1.95 bits per heavy atom. The predicted molar refractivity (Wildman–Crippen MR) is 88.1 cm³/mol. The number of carbonyl (C=O) groups excluding carboxylic acids is 2. The van der Waals surface area contributed by atoms with E-state index in [1.165, 1.54) is 10.5 Å². The summed E-state index contributed by atoms with van der Waals surface area (Å²) in [6, 6.07) is 8.45. The van der Waals surface area contributed by atoms with Gasteiger partial charge in [0.2, 0.25) is 5.91 Å². The quantitative estimate of drug-likeness (QED) is 0.791. The Morgan fingerprint density at radius 1 is 1.32 bits per heavy atom. The van der Waals surface area contributed by atoms with Crippen molar-refractivity contribution in [2.24, 2.45) is 0 Å². The first-order chi connectivity index (χ1) is 10.3. The molecule has 0 radical (unpaired) electrons. The first-order valence-corrected chi connectivity index (χ1v) is 8.39. The zero-order valence-corrected chi connectivity index (χ0v) is 14.4. The van der Waals surface area contributed by atoms with E-state index in [0.29, 0.717) is 19.6 Å². The van der Waals surface area contributed by atoms with Crippen LogP contribution in [0.3, 0.4) is 0 Å². The minimum absolute atomic E-state index is 0.112. The minimum atomic E-state index is -0.517. The van der Waals surface area contributed by atoms with Crippen LogP contribution in [0.4, 0.5) is 4.79 Å². The molecule has 22 heavy (non-hydrogen) atoms. The summed E-state index contributed by atoms with van der Waals surface area (Å²) in [6.45, 7) is 9.24. The monoisotopic (exact) mass is 321 g/mol. The van der Waals surface area contributed by atoms with Gasteiger partial charge in [-0.1, -0.05) is 39.8 Å². The standard InChI is InChI=1S/C17H23NO3S/c1-12(11-15(19)18-9-10-21-16(18)20)22-14-7-5-13(6-8-14)17(2,3)4/h5-8,12H,9-11H2,1-4H3/t12-/m0/s1. The maximum Gasteiger partial charge on any atom is 0.416 e. The first-order valence-electron chi connectivity index (χ1n) is 7.51. The summed E-state index contributed by atoms with van der Waals surface area (Å²) in [5, 5.41) is 0.112. The van der Waals surface area contributed by atoms with Crippen LogP contribution in [0.5, 0.6) is 0 Å². The molecule has 0 aromatic heterocycles. The molecule has 0 spiro atoms. The van der Waals surface area contributed by atoms with Gasteiger partial charge in [0.15, 0.2) is 0 Å². The fourth-order valence-electron chi connectivity index (χ4n) is 2.28. The van der Waals surface area contributed by atoms with Crippen LogP contribution in [-0.2, 0) is 14.9 Å². The van der Waals surface area contributed by atoms with Crippen molar-refractivity contribution in [2.75, 3.05) is 13.2 Å². The van der Waals surface area contributed by atoms with Gasteiger partial charge in [0.05, 0.1) is 6.54 Å². The molecule has 1 atom stereocenters. The van der Waals surface area contributed by atoms with E-state index in [0.717, 1.165) is 4.90 Å². The molecule has 5 heteroatoms. The highest BCUT2D eigenvalue weighted by atomic mass is 32.2. The normalized spacial score (nSPS) is 16.5. The summed E-state index contributed by atoms with van der Waals surface area (Å²) in [7, 11) is 0. The highest BCUT2D eigenvalue weighted by Gasteiger charge is 2.29. The van der Waals surface area contributed by atoms with Crippen molar-refractivity contribution in [3.05, 3.63) is 29.8 Å². The smallest absolute Gasteiger partial charge is 0.416 e. The first kappa shape index (κ1) is 16.9.